The molecule has 0 saturated heterocycles. The normalized spacial score (nSPS) is 12.6. The summed E-state index contributed by atoms with van der Waals surface area (Å²) in [6, 6.07) is 6.97. The van der Waals surface area contributed by atoms with Gasteiger partial charge in [-0.15, -0.1) is 0 Å². The summed E-state index contributed by atoms with van der Waals surface area (Å²) >= 11 is 0. The van der Waals surface area contributed by atoms with E-state index in [1.165, 1.54) is 16.7 Å². The van der Waals surface area contributed by atoms with E-state index in [1.807, 2.05) is 13.2 Å². The zero-order valence-corrected chi connectivity index (χ0v) is 13.0. The van der Waals surface area contributed by atoms with Gasteiger partial charge in [-0.05, 0) is 38.4 Å². The molecule has 0 fully saturated rings. The van der Waals surface area contributed by atoms with Crippen molar-refractivity contribution < 1.29 is 0 Å². The summed E-state index contributed by atoms with van der Waals surface area (Å²) in [5, 5.41) is 3.44. The summed E-state index contributed by atoms with van der Waals surface area (Å²) in [7, 11) is 2.03. The van der Waals surface area contributed by atoms with Gasteiger partial charge in [0.15, 0.2) is 0 Å². The first-order valence-corrected chi connectivity index (χ1v) is 7.40. The van der Waals surface area contributed by atoms with Gasteiger partial charge < -0.3 is 9.88 Å². The topological polar surface area (TPSA) is 29.9 Å². The zero-order valence-electron chi connectivity index (χ0n) is 13.0. The van der Waals surface area contributed by atoms with Gasteiger partial charge in [0.05, 0.1) is 0 Å². The van der Waals surface area contributed by atoms with E-state index in [2.05, 4.69) is 60.0 Å². The molecule has 0 saturated carbocycles. The van der Waals surface area contributed by atoms with Gasteiger partial charge >= 0.3 is 0 Å². The van der Waals surface area contributed by atoms with Gasteiger partial charge in [-0.1, -0.05) is 30.7 Å². The number of nitrogens with one attached hydrogen (secondary N) is 1. The molecule has 108 valence electrons. The SMILES string of the molecule is CCCn1ccnc1CC(NC)c1cc(C)ccc1C. The maximum atomic E-state index is 4.52. The second kappa shape index (κ2) is 6.71. The van der Waals surface area contributed by atoms with Crippen molar-refractivity contribution in [3.8, 4) is 0 Å². The highest BCUT2D eigenvalue weighted by Crippen LogP contribution is 2.22. The molecule has 2 aromatic rings. The summed E-state index contributed by atoms with van der Waals surface area (Å²) in [6.07, 6.45) is 6.04. The lowest BCUT2D eigenvalue weighted by Gasteiger charge is -2.20. The minimum absolute atomic E-state index is 0.313. The molecule has 1 atom stereocenters. The molecule has 0 radical (unpaired) electrons. The second-order valence-corrected chi connectivity index (χ2v) is 5.44. The fourth-order valence-electron chi connectivity index (χ4n) is 2.66. The van der Waals surface area contributed by atoms with Gasteiger partial charge in [0.25, 0.3) is 0 Å². The van der Waals surface area contributed by atoms with Gasteiger partial charge in [-0.25, -0.2) is 4.98 Å². The molecule has 3 heteroatoms. The molecule has 0 aliphatic rings. The van der Waals surface area contributed by atoms with Gasteiger partial charge in [0.1, 0.15) is 5.82 Å². The fraction of sp³-hybridized carbons (Fsp3) is 0.471. The minimum atomic E-state index is 0.313. The molecule has 0 amide bonds. The maximum Gasteiger partial charge on any atom is 0.110 e. The molecule has 0 bridgehead atoms. The number of rotatable bonds is 6. The van der Waals surface area contributed by atoms with Crippen LogP contribution in [0.1, 0.15) is 41.9 Å². The molecular formula is C17H25N3. The first-order valence-electron chi connectivity index (χ1n) is 7.40. The van der Waals surface area contributed by atoms with Crippen molar-refractivity contribution in [2.45, 2.75) is 46.2 Å². The first-order chi connectivity index (χ1) is 9.65. The highest BCUT2D eigenvalue weighted by molar-refractivity contribution is 5.33. The van der Waals surface area contributed by atoms with Crippen LogP contribution < -0.4 is 5.32 Å². The molecule has 1 aromatic carbocycles. The van der Waals surface area contributed by atoms with E-state index in [-0.39, 0.29) is 0 Å². The van der Waals surface area contributed by atoms with E-state index in [1.54, 1.807) is 0 Å². The number of hydrogen-bond acceptors (Lipinski definition) is 2. The van der Waals surface area contributed by atoms with Crippen molar-refractivity contribution in [2.24, 2.45) is 0 Å². The Morgan fingerprint density at radius 3 is 2.80 bits per heavy atom. The number of hydrogen-bond donors (Lipinski definition) is 1. The smallest absolute Gasteiger partial charge is 0.110 e. The molecule has 1 aromatic heterocycles. The lowest BCUT2D eigenvalue weighted by atomic mass is 9.96. The molecule has 2 rings (SSSR count). The second-order valence-electron chi connectivity index (χ2n) is 5.44. The Hall–Kier alpha value is -1.61. The third-order valence-electron chi connectivity index (χ3n) is 3.81. The van der Waals surface area contributed by atoms with Crippen LogP contribution in [0.15, 0.2) is 30.6 Å². The predicted molar refractivity (Wildman–Crippen MR) is 83.9 cm³/mol. The highest BCUT2D eigenvalue weighted by atomic mass is 15.1. The Labute approximate surface area is 122 Å². The number of nitrogens with zero attached hydrogens (tertiary/aromatic N) is 2. The Balaban J connectivity index is 2.24. The zero-order chi connectivity index (χ0) is 14.5. The van der Waals surface area contributed by atoms with Crippen molar-refractivity contribution >= 4 is 0 Å². The Morgan fingerprint density at radius 2 is 2.10 bits per heavy atom. The summed E-state index contributed by atoms with van der Waals surface area (Å²) < 4.78 is 2.26. The van der Waals surface area contributed by atoms with Crippen LogP contribution in [0, 0.1) is 13.8 Å². The van der Waals surface area contributed by atoms with Crippen molar-refractivity contribution in [1.29, 1.82) is 0 Å². The molecule has 0 spiro atoms. The van der Waals surface area contributed by atoms with E-state index >= 15 is 0 Å². The van der Waals surface area contributed by atoms with Gasteiger partial charge in [-0.3, -0.25) is 0 Å². The number of benzene rings is 1. The van der Waals surface area contributed by atoms with E-state index in [0.29, 0.717) is 6.04 Å². The number of imidazole rings is 1. The number of aryl methyl sites for hydroxylation is 3. The number of likely N-dealkylation sites (N-methyl/N-ethyl adjacent to an activating group) is 1. The summed E-state index contributed by atoms with van der Waals surface area (Å²) in [6.45, 7) is 7.56. The quantitative estimate of drug-likeness (QED) is 0.872. The third kappa shape index (κ3) is 3.28. The Kier molecular flexibility index (Phi) is 4.96. The van der Waals surface area contributed by atoms with Crippen LogP contribution in [-0.4, -0.2) is 16.6 Å². The monoisotopic (exact) mass is 271 g/mol. The van der Waals surface area contributed by atoms with Crippen molar-refractivity contribution in [3.63, 3.8) is 0 Å². The van der Waals surface area contributed by atoms with Crippen molar-refractivity contribution in [2.75, 3.05) is 7.05 Å². The molecule has 20 heavy (non-hydrogen) atoms. The third-order valence-corrected chi connectivity index (χ3v) is 3.81. The summed E-state index contributed by atoms with van der Waals surface area (Å²) in [4.78, 5) is 4.52. The van der Waals surface area contributed by atoms with E-state index < -0.39 is 0 Å². The Bertz CT molecular complexity index is 557. The van der Waals surface area contributed by atoms with Crippen LogP contribution in [0.25, 0.3) is 0 Å². The van der Waals surface area contributed by atoms with Crippen LogP contribution in [0.2, 0.25) is 0 Å². The van der Waals surface area contributed by atoms with Gasteiger partial charge in [0.2, 0.25) is 0 Å². The molecule has 3 nitrogen and oxygen atoms in total. The molecule has 1 heterocycles. The van der Waals surface area contributed by atoms with Crippen molar-refractivity contribution in [3.05, 3.63) is 53.1 Å². The van der Waals surface area contributed by atoms with Crippen LogP contribution in [-0.2, 0) is 13.0 Å². The molecule has 0 aliphatic carbocycles. The minimum Gasteiger partial charge on any atom is -0.335 e. The molecule has 1 unspecified atom stereocenters. The van der Waals surface area contributed by atoms with Crippen LogP contribution >= 0.6 is 0 Å². The highest BCUT2D eigenvalue weighted by Gasteiger charge is 2.15. The maximum absolute atomic E-state index is 4.52. The van der Waals surface area contributed by atoms with Gasteiger partial charge in [0, 0.05) is 31.4 Å². The van der Waals surface area contributed by atoms with E-state index in [0.717, 1.165) is 25.2 Å². The average Bonchev–Trinajstić information content (AvgIpc) is 2.87. The van der Waals surface area contributed by atoms with Crippen molar-refractivity contribution in [1.82, 2.24) is 14.9 Å². The Morgan fingerprint density at radius 1 is 1.30 bits per heavy atom. The summed E-state index contributed by atoms with van der Waals surface area (Å²) in [5.41, 5.74) is 4.02. The summed E-state index contributed by atoms with van der Waals surface area (Å²) in [5.74, 6) is 1.16. The van der Waals surface area contributed by atoms with Crippen LogP contribution in [0.5, 0.6) is 0 Å². The average molecular weight is 271 g/mol. The van der Waals surface area contributed by atoms with Gasteiger partial charge in [-0.2, -0.15) is 0 Å². The number of aromatic nitrogens is 2. The van der Waals surface area contributed by atoms with Crippen LogP contribution in [0.3, 0.4) is 0 Å². The largest absolute Gasteiger partial charge is 0.335 e. The lowest BCUT2D eigenvalue weighted by Crippen LogP contribution is -2.22. The van der Waals surface area contributed by atoms with E-state index in [9.17, 15) is 0 Å². The first kappa shape index (κ1) is 14.8. The lowest BCUT2D eigenvalue weighted by molar-refractivity contribution is 0.541. The molecule has 0 aliphatic heterocycles. The molecule has 1 N–H and O–H groups in total. The predicted octanol–water partition coefficient (Wildman–Crippen LogP) is 3.41. The van der Waals surface area contributed by atoms with Crippen LogP contribution in [0.4, 0.5) is 0 Å². The molecular weight excluding hydrogens is 246 g/mol. The standard InChI is InChI=1S/C17H25N3/c1-5-9-20-10-8-19-17(20)12-16(18-4)15-11-13(2)6-7-14(15)3/h6-8,10-11,16,18H,5,9,12H2,1-4H3. The fourth-order valence-corrected chi connectivity index (χ4v) is 2.66. The van der Waals surface area contributed by atoms with E-state index in [4.69, 9.17) is 0 Å².